The molecule has 0 saturated carbocycles. The normalized spacial score (nSPS) is 12.4. The van der Waals surface area contributed by atoms with Gasteiger partial charge in [-0.25, -0.2) is 9.82 Å². The van der Waals surface area contributed by atoms with E-state index in [2.05, 4.69) is 24.5 Å². The molecule has 3 heteroatoms. The van der Waals surface area contributed by atoms with Crippen LogP contribution >= 0.6 is 0 Å². The van der Waals surface area contributed by atoms with Gasteiger partial charge in [0.2, 0.25) is 0 Å². The molecule has 0 radical (unpaired) electrons. The molecule has 0 heterocycles. The van der Waals surface area contributed by atoms with Crippen molar-refractivity contribution in [2.45, 2.75) is 32.7 Å². The summed E-state index contributed by atoms with van der Waals surface area (Å²) >= 11 is 0. The van der Waals surface area contributed by atoms with Crippen molar-refractivity contribution in [3.05, 3.63) is 70.5 Å². The molecule has 2 aromatic rings. The van der Waals surface area contributed by atoms with E-state index in [-0.39, 0.29) is 11.9 Å². The highest BCUT2D eigenvalue weighted by Crippen LogP contribution is 2.25. The Balaban J connectivity index is 2.38. The minimum absolute atomic E-state index is 0.228. The number of nitrogens with two attached hydrogens (primary N) is 1. The molecule has 0 aliphatic rings. The Labute approximate surface area is 119 Å². The first-order valence-corrected chi connectivity index (χ1v) is 6.96. The lowest BCUT2D eigenvalue weighted by atomic mass is 9.95. The Morgan fingerprint density at radius 1 is 1.20 bits per heavy atom. The average molecular weight is 272 g/mol. The van der Waals surface area contributed by atoms with Crippen LogP contribution in [0.2, 0.25) is 0 Å². The first-order valence-electron chi connectivity index (χ1n) is 6.96. The minimum Gasteiger partial charge on any atom is -0.271 e. The number of rotatable bonds is 5. The van der Waals surface area contributed by atoms with Crippen molar-refractivity contribution < 1.29 is 4.39 Å². The molecule has 0 saturated heterocycles. The first kappa shape index (κ1) is 14.7. The van der Waals surface area contributed by atoms with Crippen molar-refractivity contribution in [1.29, 1.82) is 0 Å². The summed E-state index contributed by atoms with van der Waals surface area (Å²) in [6.45, 7) is 4.02. The van der Waals surface area contributed by atoms with E-state index in [1.165, 1.54) is 11.6 Å². The molecule has 0 aromatic heterocycles. The van der Waals surface area contributed by atoms with Gasteiger partial charge in [0.1, 0.15) is 5.82 Å². The molecule has 2 aromatic carbocycles. The third kappa shape index (κ3) is 3.24. The molecule has 3 N–H and O–H groups in total. The summed E-state index contributed by atoms with van der Waals surface area (Å²) in [5.74, 6) is 5.42. The largest absolute Gasteiger partial charge is 0.271 e. The second-order valence-corrected chi connectivity index (χ2v) is 5.12. The fraction of sp³-hybridized carbons (Fsp3) is 0.294. The van der Waals surface area contributed by atoms with Crippen LogP contribution < -0.4 is 11.3 Å². The molecule has 0 aliphatic heterocycles. The molecule has 0 bridgehead atoms. The van der Waals surface area contributed by atoms with Gasteiger partial charge in [-0.1, -0.05) is 49.7 Å². The van der Waals surface area contributed by atoms with Crippen molar-refractivity contribution in [2.75, 3.05) is 0 Å². The maximum absolute atomic E-state index is 14.1. The van der Waals surface area contributed by atoms with Gasteiger partial charge in [-0.05, 0) is 36.1 Å². The highest BCUT2D eigenvalue weighted by molar-refractivity contribution is 5.36. The Bertz CT molecular complexity index is 581. The molecule has 2 nitrogen and oxygen atoms in total. The summed E-state index contributed by atoms with van der Waals surface area (Å²) < 4.78 is 14.1. The summed E-state index contributed by atoms with van der Waals surface area (Å²) in [4.78, 5) is 0. The van der Waals surface area contributed by atoms with Gasteiger partial charge >= 0.3 is 0 Å². The fourth-order valence-electron chi connectivity index (χ4n) is 2.45. The topological polar surface area (TPSA) is 38.0 Å². The predicted molar refractivity (Wildman–Crippen MR) is 80.7 cm³/mol. The van der Waals surface area contributed by atoms with Gasteiger partial charge < -0.3 is 0 Å². The number of aryl methyl sites for hydroxylation is 2. The number of benzene rings is 2. The van der Waals surface area contributed by atoms with Crippen molar-refractivity contribution in [3.63, 3.8) is 0 Å². The van der Waals surface area contributed by atoms with Crippen LogP contribution in [0.5, 0.6) is 0 Å². The Morgan fingerprint density at radius 3 is 2.65 bits per heavy atom. The Kier molecular flexibility index (Phi) is 4.88. The van der Waals surface area contributed by atoms with Crippen LogP contribution in [0.3, 0.4) is 0 Å². The molecule has 20 heavy (non-hydrogen) atoms. The fourth-order valence-corrected chi connectivity index (χ4v) is 2.45. The zero-order valence-corrected chi connectivity index (χ0v) is 12.0. The van der Waals surface area contributed by atoms with Crippen LogP contribution in [0.25, 0.3) is 0 Å². The van der Waals surface area contributed by atoms with Gasteiger partial charge in [-0.2, -0.15) is 0 Å². The van der Waals surface area contributed by atoms with Crippen LogP contribution in [-0.4, -0.2) is 0 Å². The number of hydrogen-bond donors (Lipinski definition) is 2. The molecule has 2 rings (SSSR count). The molecule has 0 spiro atoms. The van der Waals surface area contributed by atoms with E-state index < -0.39 is 0 Å². The molecule has 1 atom stereocenters. The van der Waals surface area contributed by atoms with E-state index >= 15 is 0 Å². The summed E-state index contributed by atoms with van der Waals surface area (Å²) in [7, 11) is 0. The van der Waals surface area contributed by atoms with Crippen molar-refractivity contribution in [2.24, 2.45) is 5.84 Å². The van der Waals surface area contributed by atoms with Gasteiger partial charge in [0.25, 0.3) is 0 Å². The van der Waals surface area contributed by atoms with Crippen LogP contribution in [-0.2, 0) is 6.42 Å². The number of nitrogens with one attached hydrogen (secondary N) is 1. The number of hydrogen-bond acceptors (Lipinski definition) is 2. The van der Waals surface area contributed by atoms with Crippen molar-refractivity contribution in [3.8, 4) is 0 Å². The van der Waals surface area contributed by atoms with E-state index in [1.54, 1.807) is 6.07 Å². The maximum atomic E-state index is 14.1. The SMILES string of the molecule is CCCc1cccc(C(NN)c2ccc(C)cc2F)c1. The molecular weight excluding hydrogens is 251 g/mol. The van der Waals surface area contributed by atoms with Crippen LogP contribution in [0.4, 0.5) is 4.39 Å². The van der Waals surface area contributed by atoms with E-state index in [0.717, 1.165) is 24.0 Å². The lowest BCUT2D eigenvalue weighted by Gasteiger charge is -2.18. The zero-order valence-electron chi connectivity index (χ0n) is 12.0. The van der Waals surface area contributed by atoms with E-state index in [9.17, 15) is 4.39 Å². The monoisotopic (exact) mass is 272 g/mol. The quantitative estimate of drug-likeness (QED) is 0.644. The summed E-state index contributed by atoms with van der Waals surface area (Å²) in [6.07, 6.45) is 2.10. The van der Waals surface area contributed by atoms with Gasteiger partial charge in [0.15, 0.2) is 0 Å². The third-order valence-electron chi connectivity index (χ3n) is 3.46. The Hall–Kier alpha value is -1.71. The second-order valence-electron chi connectivity index (χ2n) is 5.12. The van der Waals surface area contributed by atoms with Gasteiger partial charge in [-0.15, -0.1) is 0 Å². The highest BCUT2D eigenvalue weighted by atomic mass is 19.1. The van der Waals surface area contributed by atoms with E-state index in [1.807, 2.05) is 25.1 Å². The molecule has 0 fully saturated rings. The second kappa shape index (κ2) is 6.64. The lowest BCUT2D eigenvalue weighted by molar-refractivity contribution is 0.559. The zero-order chi connectivity index (χ0) is 14.5. The Morgan fingerprint density at radius 2 is 2.00 bits per heavy atom. The lowest BCUT2D eigenvalue weighted by Crippen LogP contribution is -2.29. The molecule has 1 unspecified atom stereocenters. The maximum Gasteiger partial charge on any atom is 0.128 e. The third-order valence-corrected chi connectivity index (χ3v) is 3.46. The highest BCUT2D eigenvalue weighted by Gasteiger charge is 2.16. The molecule has 0 aliphatic carbocycles. The minimum atomic E-state index is -0.326. The van der Waals surface area contributed by atoms with Crippen LogP contribution in [0.15, 0.2) is 42.5 Å². The first-order chi connectivity index (χ1) is 9.65. The van der Waals surface area contributed by atoms with E-state index in [4.69, 9.17) is 5.84 Å². The van der Waals surface area contributed by atoms with Gasteiger partial charge in [0, 0.05) is 5.56 Å². The summed E-state index contributed by atoms with van der Waals surface area (Å²) in [6, 6.07) is 13.1. The summed E-state index contributed by atoms with van der Waals surface area (Å²) in [5, 5.41) is 0. The van der Waals surface area contributed by atoms with Crippen molar-refractivity contribution >= 4 is 0 Å². The molecule has 0 amide bonds. The van der Waals surface area contributed by atoms with Crippen LogP contribution in [0, 0.1) is 12.7 Å². The van der Waals surface area contributed by atoms with Crippen molar-refractivity contribution in [1.82, 2.24) is 5.43 Å². The van der Waals surface area contributed by atoms with Crippen LogP contribution in [0.1, 0.15) is 41.6 Å². The van der Waals surface area contributed by atoms with Gasteiger partial charge in [0.05, 0.1) is 6.04 Å². The smallest absolute Gasteiger partial charge is 0.128 e. The van der Waals surface area contributed by atoms with E-state index in [0.29, 0.717) is 5.56 Å². The summed E-state index contributed by atoms with van der Waals surface area (Å²) in [5.41, 5.74) is 6.44. The average Bonchev–Trinajstić information content (AvgIpc) is 2.43. The molecule has 106 valence electrons. The van der Waals surface area contributed by atoms with Gasteiger partial charge in [-0.3, -0.25) is 5.84 Å². The number of hydrazine groups is 1. The number of halogens is 1. The predicted octanol–water partition coefficient (Wildman–Crippen LogP) is 3.64. The standard InChI is InChI=1S/C17H21FN2/c1-3-5-13-6-4-7-14(11-13)17(20-19)15-9-8-12(2)10-16(15)18/h4,6-11,17,20H,3,5,19H2,1-2H3. The molecular formula is C17H21FN2.